The van der Waals surface area contributed by atoms with E-state index < -0.39 is 47.8 Å². The van der Waals surface area contributed by atoms with Gasteiger partial charge in [-0.15, -0.1) is 10.1 Å². The normalized spacial score (nSPS) is 14.6. The Bertz CT molecular complexity index is 1190. The summed E-state index contributed by atoms with van der Waals surface area (Å²) in [6.07, 6.45) is -5.24. The Kier molecular flexibility index (Phi) is 5.78. The number of rotatable bonds is 7. The molecule has 3 atom stereocenters. The van der Waals surface area contributed by atoms with Gasteiger partial charge in [0.05, 0.1) is 24.2 Å². The molecule has 0 radical (unpaired) electrons. The van der Waals surface area contributed by atoms with E-state index in [0.717, 1.165) is 11.1 Å². The minimum atomic E-state index is -1.86. The van der Waals surface area contributed by atoms with E-state index in [-0.39, 0.29) is 11.5 Å². The summed E-state index contributed by atoms with van der Waals surface area (Å²) < 4.78 is 1.28. The molecule has 0 saturated heterocycles. The average molecular weight is 421 g/mol. The van der Waals surface area contributed by atoms with Gasteiger partial charge in [-0.25, -0.2) is 9.78 Å². The molecule has 0 amide bonds. The molecule has 160 valence electrons. The minimum absolute atomic E-state index is 0.179. The Hall–Kier alpha value is -3.42. The molecule has 30 heavy (non-hydrogen) atoms. The van der Waals surface area contributed by atoms with Crippen LogP contribution in [0.2, 0.25) is 0 Å². The number of aromatic amines is 1. The van der Waals surface area contributed by atoms with Crippen molar-refractivity contribution in [3.8, 4) is 11.5 Å². The van der Waals surface area contributed by atoms with Crippen LogP contribution in [0.25, 0.3) is 22.6 Å². The fourth-order valence-electron chi connectivity index (χ4n) is 3.08. The van der Waals surface area contributed by atoms with Crippen molar-refractivity contribution in [2.24, 2.45) is 0 Å². The first kappa shape index (κ1) is 21.3. The maximum atomic E-state index is 12.3. The van der Waals surface area contributed by atoms with Crippen molar-refractivity contribution in [1.82, 2.24) is 19.5 Å². The summed E-state index contributed by atoms with van der Waals surface area (Å²) in [5, 5.41) is 38.8. The number of aryl methyl sites for hydroxylation is 2. The van der Waals surface area contributed by atoms with Gasteiger partial charge in [0, 0.05) is 0 Å². The molecule has 1 aromatic rings. The zero-order valence-corrected chi connectivity index (χ0v) is 16.0. The first-order chi connectivity index (χ1) is 14.1. The van der Waals surface area contributed by atoms with Crippen molar-refractivity contribution in [2.75, 3.05) is 6.61 Å². The van der Waals surface area contributed by atoms with Crippen molar-refractivity contribution in [2.45, 2.75) is 38.7 Å². The maximum Gasteiger partial charge on any atom is 0.349 e. The number of fused-ring (bicyclic) bond motifs is 2. The molecule has 0 unspecified atom stereocenters. The highest BCUT2D eigenvalue weighted by Crippen LogP contribution is 2.25. The summed E-state index contributed by atoms with van der Waals surface area (Å²) in [4.78, 5) is 49.5. The van der Waals surface area contributed by atoms with Gasteiger partial charge in [-0.3, -0.25) is 9.78 Å². The molecule has 0 bridgehead atoms. The second-order valence-electron chi connectivity index (χ2n) is 6.80. The van der Waals surface area contributed by atoms with Gasteiger partial charge in [-0.1, -0.05) is 0 Å². The van der Waals surface area contributed by atoms with Gasteiger partial charge >= 0.3 is 5.69 Å². The van der Waals surface area contributed by atoms with Crippen LogP contribution < -0.4 is 11.2 Å². The predicted molar refractivity (Wildman–Crippen MR) is 101 cm³/mol. The van der Waals surface area contributed by atoms with Crippen LogP contribution in [0.15, 0.2) is 21.7 Å². The van der Waals surface area contributed by atoms with E-state index in [2.05, 4.69) is 14.8 Å². The van der Waals surface area contributed by atoms with Crippen LogP contribution >= 0.6 is 0 Å². The first-order valence-electron chi connectivity index (χ1n) is 8.82. The molecular weight excluding hydrogens is 402 g/mol. The number of benzene rings is 1. The van der Waals surface area contributed by atoms with Gasteiger partial charge < -0.3 is 24.7 Å². The van der Waals surface area contributed by atoms with E-state index in [1.165, 1.54) is 4.57 Å². The number of aliphatic hydroxyl groups is 3. The second kappa shape index (κ2) is 8.14. The van der Waals surface area contributed by atoms with Crippen molar-refractivity contribution in [1.29, 1.82) is 0 Å². The maximum absolute atomic E-state index is 12.3. The molecule has 4 N–H and O–H groups in total. The minimum Gasteiger partial charge on any atom is -0.394 e. The van der Waals surface area contributed by atoms with Gasteiger partial charge in [0.25, 0.3) is 10.6 Å². The third kappa shape index (κ3) is 3.98. The second-order valence-corrected chi connectivity index (χ2v) is 6.80. The highest BCUT2D eigenvalue weighted by Gasteiger charge is 2.31. The zero-order valence-electron chi connectivity index (χ0n) is 16.0. The molecule has 2 aliphatic rings. The summed E-state index contributed by atoms with van der Waals surface area (Å²) >= 11 is 0. The van der Waals surface area contributed by atoms with Gasteiger partial charge in [0.15, 0.2) is 17.6 Å². The van der Waals surface area contributed by atoms with E-state index in [1.807, 2.05) is 18.8 Å². The van der Waals surface area contributed by atoms with E-state index in [1.54, 1.807) is 12.1 Å². The van der Waals surface area contributed by atoms with Crippen LogP contribution in [-0.4, -0.2) is 64.8 Å². The Labute approximate surface area is 167 Å². The number of hydrogen-bond acceptors (Lipinski definition) is 10. The van der Waals surface area contributed by atoms with Crippen LogP contribution in [0.1, 0.15) is 11.1 Å². The van der Waals surface area contributed by atoms with E-state index in [0.29, 0.717) is 11.0 Å². The van der Waals surface area contributed by atoms with Crippen molar-refractivity contribution >= 4 is 11.0 Å². The lowest BCUT2D eigenvalue weighted by molar-refractivity contribution is -0.771. The quantitative estimate of drug-likeness (QED) is 0.198. The molecule has 0 saturated carbocycles. The highest BCUT2D eigenvalue weighted by molar-refractivity contribution is 5.81. The number of aliphatic hydroxyl groups excluding tert-OH is 3. The molecule has 0 spiro atoms. The standard InChI is InChI=1S/C17H19N5O8/c1-7-3-9-10(4-8(7)2)21(15-13(18-9)16(26)20-17(27)19-15)5-12(30-22(28)29)14(25)11(24)6-23/h3-4,11-12,14,23-25H,5-6H2,1-2H3,(H,20,26,27)/t11-,12+,14-/m0/s1. The predicted octanol–water partition coefficient (Wildman–Crippen LogP) is -1.51. The summed E-state index contributed by atoms with van der Waals surface area (Å²) in [5.74, 6) is -0.179. The molecule has 0 aromatic heterocycles. The fourth-order valence-corrected chi connectivity index (χ4v) is 3.08. The highest BCUT2D eigenvalue weighted by atomic mass is 17.0. The first-order valence-corrected chi connectivity index (χ1v) is 8.82. The topological polar surface area (TPSA) is 194 Å². The number of nitrogens with one attached hydrogen (secondary N) is 1. The smallest absolute Gasteiger partial charge is 0.349 e. The van der Waals surface area contributed by atoms with E-state index in [4.69, 9.17) is 5.11 Å². The lowest BCUT2D eigenvalue weighted by Gasteiger charge is -2.27. The molecule has 13 nitrogen and oxygen atoms in total. The SMILES string of the molecule is Cc1cc2nc3c(=O)[nH]c(=O)nc-3n(C[C@@H](O[N+](=O)[O-])[C@@H](O)[C@@H](O)CO)c2cc1C. The third-order valence-corrected chi connectivity index (χ3v) is 4.77. The van der Waals surface area contributed by atoms with Crippen molar-refractivity contribution in [3.63, 3.8) is 0 Å². The molecule has 0 fully saturated rings. The van der Waals surface area contributed by atoms with Crippen LogP contribution in [0.3, 0.4) is 0 Å². The monoisotopic (exact) mass is 421 g/mol. The molecule has 2 aliphatic heterocycles. The Morgan fingerprint density at radius 3 is 2.53 bits per heavy atom. The van der Waals surface area contributed by atoms with Crippen molar-refractivity contribution in [3.05, 3.63) is 54.2 Å². The number of hydrogen-bond donors (Lipinski definition) is 4. The Balaban J connectivity index is 2.29. The fraction of sp³-hybridized carbons (Fsp3) is 0.412. The van der Waals surface area contributed by atoms with Crippen molar-refractivity contribution < 1.29 is 25.2 Å². The van der Waals surface area contributed by atoms with Crippen LogP contribution in [0, 0.1) is 24.0 Å². The average Bonchev–Trinajstić information content (AvgIpc) is 2.67. The summed E-state index contributed by atoms with van der Waals surface area (Å²) in [5.41, 5.74) is 0.448. The molecule has 2 heterocycles. The number of nitrogens with zero attached hydrogens (tertiary/aromatic N) is 4. The lowest BCUT2D eigenvalue weighted by Crippen LogP contribution is -2.44. The van der Waals surface area contributed by atoms with E-state index >= 15 is 0 Å². The Morgan fingerprint density at radius 1 is 1.23 bits per heavy atom. The van der Waals surface area contributed by atoms with Gasteiger partial charge in [-0.05, 0) is 37.1 Å². The van der Waals surface area contributed by atoms with Crippen LogP contribution in [0.4, 0.5) is 0 Å². The molecule has 3 rings (SSSR count). The lowest BCUT2D eigenvalue weighted by atomic mass is 10.1. The summed E-state index contributed by atoms with van der Waals surface area (Å²) in [7, 11) is 0. The van der Waals surface area contributed by atoms with E-state index in [9.17, 15) is 29.9 Å². The summed E-state index contributed by atoms with van der Waals surface area (Å²) in [6.45, 7) is 2.28. The van der Waals surface area contributed by atoms with Crippen LogP contribution in [-0.2, 0) is 11.4 Å². The molecule has 0 aliphatic carbocycles. The van der Waals surface area contributed by atoms with Gasteiger partial charge in [0.1, 0.15) is 12.2 Å². The zero-order chi connectivity index (χ0) is 22.2. The number of aromatic nitrogens is 4. The van der Waals surface area contributed by atoms with Crippen LogP contribution in [0.5, 0.6) is 0 Å². The molecule has 13 heteroatoms. The summed E-state index contributed by atoms with van der Waals surface area (Å²) in [6, 6.07) is 3.37. The number of H-pyrrole nitrogens is 1. The van der Waals surface area contributed by atoms with Gasteiger partial charge in [-0.2, -0.15) is 4.98 Å². The molecular formula is C17H19N5O8. The molecule has 1 aromatic carbocycles. The Morgan fingerprint density at radius 2 is 1.90 bits per heavy atom. The van der Waals surface area contributed by atoms with Gasteiger partial charge in [0.2, 0.25) is 0 Å². The third-order valence-electron chi connectivity index (χ3n) is 4.77. The largest absolute Gasteiger partial charge is 0.394 e.